The molecule has 0 aromatic heterocycles. The topological polar surface area (TPSA) is 127 Å². The van der Waals surface area contributed by atoms with Crippen LogP contribution in [0.4, 0.5) is 17.1 Å². The number of ether oxygens (including phenoxy) is 2. The number of rotatable bonds is 6. The number of fused-ring (bicyclic) bond motifs is 1. The number of amidine groups is 1. The van der Waals surface area contributed by atoms with E-state index in [1.54, 1.807) is 44.6 Å². The van der Waals surface area contributed by atoms with Gasteiger partial charge >= 0.3 is 0 Å². The maximum Gasteiger partial charge on any atom is 0.231 e. The van der Waals surface area contributed by atoms with E-state index in [-0.39, 0.29) is 0 Å². The molecule has 33 heavy (non-hydrogen) atoms. The second-order valence-electron chi connectivity index (χ2n) is 7.18. The maximum atomic E-state index is 13.1. The number of allylic oxidation sites excluding steroid dienone is 3. The van der Waals surface area contributed by atoms with Crippen molar-refractivity contribution in [3.8, 4) is 23.3 Å². The molecule has 2 aromatic carbocycles. The summed E-state index contributed by atoms with van der Waals surface area (Å²) in [6.07, 6.45) is 3.71. The molecule has 1 aliphatic carbocycles. The van der Waals surface area contributed by atoms with E-state index in [1.807, 2.05) is 24.3 Å². The molecule has 2 atom stereocenters. The first-order valence-corrected chi connectivity index (χ1v) is 11.5. The van der Waals surface area contributed by atoms with E-state index >= 15 is 0 Å². The lowest BCUT2D eigenvalue weighted by atomic mass is 10.2. The Bertz CT molecular complexity index is 1300. The van der Waals surface area contributed by atoms with Gasteiger partial charge in [0.2, 0.25) is 10.0 Å². The fourth-order valence-corrected chi connectivity index (χ4v) is 4.40. The van der Waals surface area contributed by atoms with Crippen molar-refractivity contribution in [3.05, 3.63) is 66.4 Å². The van der Waals surface area contributed by atoms with Crippen LogP contribution in [0.1, 0.15) is 0 Å². The number of anilines is 2. The predicted octanol–water partition coefficient (Wildman–Crippen LogP) is 2.30. The zero-order valence-corrected chi connectivity index (χ0v) is 18.8. The minimum absolute atomic E-state index is 0.296. The van der Waals surface area contributed by atoms with Crippen LogP contribution in [0.15, 0.2) is 71.4 Å². The molecule has 0 bridgehead atoms. The monoisotopic (exact) mass is 465 g/mol. The molecule has 0 saturated heterocycles. The molecule has 0 saturated carbocycles. The molecule has 5 N–H and O–H groups in total. The van der Waals surface area contributed by atoms with Crippen LogP contribution in [0.2, 0.25) is 0 Å². The molecule has 9 nitrogen and oxygen atoms in total. The van der Waals surface area contributed by atoms with Gasteiger partial charge in [-0.25, -0.2) is 13.4 Å². The summed E-state index contributed by atoms with van der Waals surface area (Å²) in [5.74, 6) is 6.80. The molecular weight excluding hydrogens is 442 g/mol. The van der Waals surface area contributed by atoms with Crippen LogP contribution in [0.25, 0.3) is 0 Å². The first-order chi connectivity index (χ1) is 15.9. The third kappa shape index (κ3) is 5.11. The zero-order valence-electron chi connectivity index (χ0n) is 18.0. The van der Waals surface area contributed by atoms with E-state index in [9.17, 15) is 8.42 Å². The fraction of sp³-hybridized carbons (Fsp3) is 0.174. The van der Waals surface area contributed by atoms with E-state index < -0.39 is 21.4 Å². The van der Waals surface area contributed by atoms with Gasteiger partial charge in [-0.05, 0) is 24.1 Å². The predicted molar refractivity (Wildman–Crippen MR) is 129 cm³/mol. The van der Waals surface area contributed by atoms with Gasteiger partial charge in [-0.1, -0.05) is 30.2 Å². The molecule has 1 aliphatic heterocycles. The van der Waals surface area contributed by atoms with Crippen LogP contribution >= 0.6 is 0 Å². The van der Waals surface area contributed by atoms with E-state index in [2.05, 4.69) is 32.2 Å². The third-order valence-electron chi connectivity index (χ3n) is 4.88. The average molecular weight is 466 g/mol. The van der Waals surface area contributed by atoms with Crippen LogP contribution in [0.5, 0.6) is 11.5 Å². The lowest BCUT2D eigenvalue weighted by Gasteiger charge is -2.29. The quantitative estimate of drug-likeness (QED) is 0.482. The van der Waals surface area contributed by atoms with Gasteiger partial charge in [-0.15, -0.1) is 0 Å². The highest BCUT2D eigenvalue weighted by Crippen LogP contribution is 2.31. The molecule has 2 aliphatic rings. The lowest BCUT2D eigenvalue weighted by Crippen LogP contribution is -2.52. The van der Waals surface area contributed by atoms with Crippen LogP contribution in [0, 0.1) is 11.8 Å². The molecule has 0 fully saturated rings. The van der Waals surface area contributed by atoms with Crippen LogP contribution in [-0.2, 0) is 10.0 Å². The highest BCUT2D eigenvalue weighted by atomic mass is 32.2. The van der Waals surface area contributed by atoms with Crippen molar-refractivity contribution in [3.63, 3.8) is 0 Å². The number of benzene rings is 2. The normalized spacial score (nSPS) is 19.0. The van der Waals surface area contributed by atoms with Crippen LogP contribution in [-0.4, -0.2) is 39.9 Å². The van der Waals surface area contributed by atoms with Crippen molar-refractivity contribution in [1.82, 2.24) is 4.72 Å². The summed E-state index contributed by atoms with van der Waals surface area (Å²) >= 11 is 0. The van der Waals surface area contributed by atoms with Gasteiger partial charge in [0.25, 0.3) is 0 Å². The van der Waals surface area contributed by atoms with Gasteiger partial charge in [-0.3, -0.25) is 0 Å². The van der Waals surface area contributed by atoms with Gasteiger partial charge in [0.15, 0.2) is 5.25 Å². The first-order valence-electron chi connectivity index (χ1n) is 9.99. The summed E-state index contributed by atoms with van der Waals surface area (Å²) < 4.78 is 39.6. The maximum absolute atomic E-state index is 13.1. The van der Waals surface area contributed by atoms with Gasteiger partial charge in [0.05, 0.1) is 31.3 Å². The van der Waals surface area contributed by atoms with Crippen molar-refractivity contribution in [1.29, 1.82) is 0 Å². The second-order valence-corrected chi connectivity index (χ2v) is 9.01. The number of nitrogens with one attached hydrogen (secondary N) is 3. The van der Waals surface area contributed by atoms with Crippen molar-refractivity contribution in [2.75, 3.05) is 24.9 Å². The van der Waals surface area contributed by atoms with E-state index in [0.717, 1.165) is 0 Å². The minimum Gasteiger partial charge on any atom is -0.497 e. The molecule has 4 rings (SSSR count). The van der Waals surface area contributed by atoms with Crippen molar-refractivity contribution in [2.24, 2.45) is 10.7 Å². The molecule has 170 valence electrons. The molecule has 10 heteroatoms. The summed E-state index contributed by atoms with van der Waals surface area (Å²) in [7, 11) is -0.815. The van der Waals surface area contributed by atoms with Gasteiger partial charge < -0.3 is 25.8 Å². The first kappa shape index (κ1) is 22.3. The lowest BCUT2D eigenvalue weighted by molar-refractivity contribution is 0.395. The van der Waals surface area contributed by atoms with Crippen molar-refractivity contribution in [2.45, 2.75) is 11.4 Å². The summed E-state index contributed by atoms with van der Waals surface area (Å²) in [5.41, 5.74) is 7.95. The Labute approximate surface area is 192 Å². The van der Waals surface area contributed by atoms with Gasteiger partial charge in [0.1, 0.15) is 23.5 Å². The average Bonchev–Trinajstić information content (AvgIpc) is 3.04. The summed E-state index contributed by atoms with van der Waals surface area (Å²) in [5, 5.41) is 5.29. The highest BCUT2D eigenvalue weighted by Gasteiger charge is 2.31. The van der Waals surface area contributed by atoms with Crippen molar-refractivity contribution < 1.29 is 17.9 Å². The summed E-state index contributed by atoms with van der Waals surface area (Å²) in [4.78, 5) is 4.64. The number of hydrogen-bond acceptors (Lipinski definition) is 8. The second kappa shape index (κ2) is 9.28. The van der Waals surface area contributed by atoms with E-state index in [1.165, 1.54) is 6.08 Å². The Morgan fingerprint density at radius 3 is 2.58 bits per heavy atom. The Balaban J connectivity index is 1.67. The molecule has 2 aromatic rings. The number of hydrogen-bond donors (Lipinski definition) is 4. The van der Waals surface area contributed by atoms with Crippen LogP contribution in [0.3, 0.4) is 0 Å². The molecule has 0 amide bonds. The van der Waals surface area contributed by atoms with E-state index in [4.69, 9.17) is 15.2 Å². The highest BCUT2D eigenvalue weighted by molar-refractivity contribution is 7.90. The Kier molecular flexibility index (Phi) is 6.26. The number of nitrogens with two attached hydrogens (primary N) is 1. The number of aliphatic imine (C=N–C) groups is 1. The molecule has 2 unspecified atom stereocenters. The standard InChI is InChI=1S/C23H23N5O4S/c1-31-17-12-16(13-18(14-17)32-2)25-22-23(27-21-9-4-3-8-20(21)26-22)28-33(29,30)19-7-5-6-15(24)10-11-19/h3-9,12-14,19,23,27-28H,24H2,1-2H3,(H,25,26). The largest absolute Gasteiger partial charge is 0.497 e. The number of methoxy groups -OCH3 is 2. The molecule has 0 spiro atoms. The number of sulfonamides is 1. The Morgan fingerprint density at radius 1 is 1.12 bits per heavy atom. The fourth-order valence-electron chi connectivity index (χ4n) is 3.25. The minimum atomic E-state index is -3.92. The zero-order chi connectivity index (χ0) is 23.4. The summed E-state index contributed by atoms with van der Waals surface area (Å²) in [6.45, 7) is 0. The van der Waals surface area contributed by atoms with Crippen molar-refractivity contribution >= 4 is 32.9 Å². The van der Waals surface area contributed by atoms with Crippen LogP contribution < -0.4 is 30.6 Å². The number of nitrogens with zero attached hydrogens (tertiary/aromatic N) is 1. The summed E-state index contributed by atoms with van der Waals surface area (Å²) in [6, 6.07) is 12.6. The SMILES string of the molecule is COc1cc(NC2=Nc3ccccc3NC2NS(=O)(=O)C2C#CC(N)=CC=C2)cc(OC)c1. The third-order valence-corrected chi connectivity index (χ3v) is 6.39. The Morgan fingerprint density at radius 2 is 1.85 bits per heavy atom. The molecule has 0 radical (unpaired) electrons. The number of para-hydroxylation sites is 2. The molecular formula is C23H23N5O4S. The molecule has 1 heterocycles. The Hall–Kier alpha value is -3.94. The van der Waals surface area contributed by atoms with E-state index in [0.29, 0.717) is 40.1 Å². The van der Waals surface area contributed by atoms with Gasteiger partial charge in [-0.2, -0.15) is 4.72 Å². The smallest absolute Gasteiger partial charge is 0.231 e. The van der Waals surface area contributed by atoms with Gasteiger partial charge in [0, 0.05) is 23.9 Å².